The summed E-state index contributed by atoms with van der Waals surface area (Å²) in [5.74, 6) is -1.12. The Morgan fingerprint density at radius 2 is 1.92 bits per heavy atom. The second-order valence-corrected chi connectivity index (χ2v) is 9.68. The third-order valence-corrected chi connectivity index (χ3v) is 6.68. The van der Waals surface area contributed by atoms with E-state index < -0.39 is 18.0 Å². The Hall–Kier alpha value is -4.04. The molecule has 8 heteroatoms. The minimum absolute atomic E-state index is 0.171. The number of aliphatic hydroxyl groups is 1. The predicted molar refractivity (Wildman–Crippen MR) is 144 cm³/mol. The molecule has 3 aromatic rings. The molecule has 0 unspecified atom stereocenters. The molecule has 0 bridgehead atoms. The zero-order chi connectivity index (χ0) is 27.2. The van der Waals surface area contributed by atoms with Crippen molar-refractivity contribution in [2.75, 3.05) is 26.7 Å². The Kier molecular flexibility index (Phi) is 8.53. The van der Waals surface area contributed by atoms with Crippen LogP contribution in [0.3, 0.4) is 0 Å². The maximum atomic E-state index is 13.7. The van der Waals surface area contributed by atoms with E-state index >= 15 is 0 Å². The van der Waals surface area contributed by atoms with Crippen LogP contribution in [-0.2, 0) is 0 Å². The number of hydrogen-bond donors (Lipinski definition) is 1. The fraction of sp³-hybridized carbons (Fsp3) is 0.300. The van der Waals surface area contributed by atoms with Crippen molar-refractivity contribution >= 4 is 24.0 Å². The van der Waals surface area contributed by atoms with Crippen molar-refractivity contribution in [3.8, 4) is 5.88 Å². The number of aliphatic hydroxyl groups excluding tert-OH is 1. The number of amides is 2. The van der Waals surface area contributed by atoms with Gasteiger partial charge in [0.2, 0.25) is 5.88 Å². The maximum Gasteiger partial charge on any atom is 0.259 e. The van der Waals surface area contributed by atoms with Crippen molar-refractivity contribution in [3.63, 3.8) is 0 Å². The molecule has 2 heterocycles. The van der Waals surface area contributed by atoms with Gasteiger partial charge in [0, 0.05) is 31.3 Å². The number of carbonyl (C=O) groups excluding carboxylic acids is 2. The highest BCUT2D eigenvalue weighted by Gasteiger charge is 2.34. The summed E-state index contributed by atoms with van der Waals surface area (Å²) < 4.78 is 19.9. The first-order chi connectivity index (χ1) is 18.3. The number of hydrogen-bond acceptors (Lipinski definition) is 5. The standard InChI is InChI=1S/C30H32FN3O4/c1-20-17-34(21(2)19-35)30(37)26-14-23(13-12-22-8-5-4-6-9-22)16-32-28(26)38-27(20)18-33(3)29(36)24-10-7-11-25(31)15-24/h4-16,20-21,27,35H,17-19H2,1-3H3/b13-12+/t20-,21+,27-/m0/s1. The maximum absolute atomic E-state index is 13.7. The van der Waals surface area contributed by atoms with Crippen LogP contribution in [0, 0.1) is 11.7 Å². The number of rotatable bonds is 7. The molecule has 0 aliphatic carbocycles. The van der Waals surface area contributed by atoms with Crippen LogP contribution in [0.15, 0.2) is 66.9 Å². The van der Waals surface area contributed by atoms with E-state index in [1.165, 1.54) is 23.1 Å². The van der Waals surface area contributed by atoms with E-state index in [0.29, 0.717) is 6.54 Å². The molecule has 0 spiro atoms. The lowest BCUT2D eigenvalue weighted by Gasteiger charge is -2.37. The van der Waals surface area contributed by atoms with Crippen LogP contribution in [0.2, 0.25) is 0 Å². The Bertz CT molecular complexity index is 1310. The van der Waals surface area contributed by atoms with Gasteiger partial charge in [-0.2, -0.15) is 0 Å². The van der Waals surface area contributed by atoms with Gasteiger partial charge in [0.05, 0.1) is 19.2 Å². The van der Waals surface area contributed by atoms with Gasteiger partial charge >= 0.3 is 0 Å². The van der Waals surface area contributed by atoms with E-state index in [2.05, 4.69) is 4.98 Å². The van der Waals surface area contributed by atoms with E-state index in [0.717, 1.165) is 11.1 Å². The molecule has 0 saturated carbocycles. The number of fused-ring (bicyclic) bond motifs is 1. The Morgan fingerprint density at radius 1 is 1.18 bits per heavy atom. The fourth-order valence-corrected chi connectivity index (χ4v) is 4.38. The molecule has 1 aromatic heterocycles. The molecule has 7 nitrogen and oxygen atoms in total. The van der Waals surface area contributed by atoms with Crippen molar-refractivity contribution in [1.29, 1.82) is 0 Å². The van der Waals surface area contributed by atoms with E-state index in [9.17, 15) is 19.1 Å². The second kappa shape index (κ2) is 12.0. The topological polar surface area (TPSA) is 83.0 Å². The van der Waals surface area contributed by atoms with E-state index in [1.807, 2.05) is 49.4 Å². The van der Waals surface area contributed by atoms with Gasteiger partial charge in [0.25, 0.3) is 11.8 Å². The molecule has 198 valence electrons. The van der Waals surface area contributed by atoms with Gasteiger partial charge in [0.15, 0.2) is 0 Å². The third-order valence-electron chi connectivity index (χ3n) is 6.68. The van der Waals surface area contributed by atoms with Gasteiger partial charge in [-0.25, -0.2) is 9.37 Å². The van der Waals surface area contributed by atoms with Crippen molar-refractivity contribution in [2.24, 2.45) is 5.92 Å². The SMILES string of the molecule is C[C@H](CO)N1C[C@H](C)[C@H](CN(C)C(=O)c2cccc(F)c2)Oc2ncc(/C=C/c3ccccc3)cc2C1=O. The number of halogens is 1. The van der Waals surface area contributed by atoms with Crippen molar-refractivity contribution in [1.82, 2.24) is 14.8 Å². The van der Waals surface area contributed by atoms with Gasteiger partial charge < -0.3 is 19.6 Å². The van der Waals surface area contributed by atoms with Crippen LogP contribution < -0.4 is 4.74 Å². The highest BCUT2D eigenvalue weighted by molar-refractivity contribution is 5.97. The Morgan fingerprint density at radius 3 is 2.63 bits per heavy atom. The van der Waals surface area contributed by atoms with Crippen LogP contribution in [0.1, 0.15) is 45.7 Å². The smallest absolute Gasteiger partial charge is 0.259 e. The molecule has 3 atom stereocenters. The molecule has 4 rings (SSSR count). The zero-order valence-electron chi connectivity index (χ0n) is 21.8. The van der Waals surface area contributed by atoms with Crippen LogP contribution in [0.5, 0.6) is 5.88 Å². The summed E-state index contributed by atoms with van der Waals surface area (Å²) in [5, 5.41) is 9.86. The molecule has 38 heavy (non-hydrogen) atoms. The monoisotopic (exact) mass is 517 g/mol. The van der Waals surface area contributed by atoms with E-state index in [-0.39, 0.29) is 47.9 Å². The first kappa shape index (κ1) is 27.0. The average Bonchev–Trinajstić information content (AvgIpc) is 2.93. The van der Waals surface area contributed by atoms with Gasteiger partial charge in [-0.05, 0) is 42.3 Å². The van der Waals surface area contributed by atoms with Crippen molar-refractivity contribution in [3.05, 3.63) is 94.9 Å². The molecule has 0 radical (unpaired) electrons. The van der Waals surface area contributed by atoms with Gasteiger partial charge in [-0.1, -0.05) is 55.5 Å². The summed E-state index contributed by atoms with van der Waals surface area (Å²) in [4.78, 5) is 34.1. The molecule has 0 fully saturated rings. The minimum Gasteiger partial charge on any atom is -0.472 e. The molecule has 1 aliphatic heterocycles. The highest BCUT2D eigenvalue weighted by Crippen LogP contribution is 2.28. The quantitative estimate of drug-likeness (QED) is 0.503. The van der Waals surface area contributed by atoms with Gasteiger partial charge in [-0.15, -0.1) is 0 Å². The predicted octanol–water partition coefficient (Wildman–Crippen LogP) is 4.38. The first-order valence-corrected chi connectivity index (χ1v) is 12.6. The van der Waals surface area contributed by atoms with Gasteiger partial charge in [-0.3, -0.25) is 9.59 Å². The lowest BCUT2D eigenvalue weighted by atomic mass is 9.99. The van der Waals surface area contributed by atoms with Crippen LogP contribution in [0.25, 0.3) is 12.2 Å². The summed E-state index contributed by atoms with van der Waals surface area (Å²) >= 11 is 0. The summed E-state index contributed by atoms with van der Waals surface area (Å²) in [6.07, 6.45) is 4.94. The normalized spacial score (nSPS) is 18.3. The minimum atomic E-state index is -0.504. The number of pyridine rings is 1. The number of likely N-dealkylation sites (N-methyl/N-ethyl adjacent to an activating group) is 1. The van der Waals surface area contributed by atoms with Gasteiger partial charge in [0.1, 0.15) is 17.5 Å². The second-order valence-electron chi connectivity index (χ2n) is 9.68. The van der Waals surface area contributed by atoms with Crippen LogP contribution >= 0.6 is 0 Å². The Labute approximate surface area is 222 Å². The molecule has 1 aliphatic rings. The highest BCUT2D eigenvalue weighted by atomic mass is 19.1. The third kappa shape index (κ3) is 6.26. The fourth-order valence-electron chi connectivity index (χ4n) is 4.38. The molecule has 1 N–H and O–H groups in total. The average molecular weight is 518 g/mol. The largest absolute Gasteiger partial charge is 0.472 e. The number of nitrogens with zero attached hydrogens (tertiary/aromatic N) is 3. The number of aromatic nitrogens is 1. The van der Waals surface area contributed by atoms with Crippen molar-refractivity contribution < 1.29 is 23.8 Å². The molecule has 2 aromatic carbocycles. The summed E-state index contributed by atoms with van der Waals surface area (Å²) in [7, 11) is 1.63. The van der Waals surface area contributed by atoms with Crippen LogP contribution in [0.4, 0.5) is 4.39 Å². The lowest BCUT2D eigenvalue weighted by molar-refractivity contribution is 0.0313. The molecular weight excluding hydrogens is 485 g/mol. The van der Waals surface area contributed by atoms with E-state index in [4.69, 9.17) is 4.74 Å². The number of ether oxygens (including phenoxy) is 1. The number of benzene rings is 2. The van der Waals surface area contributed by atoms with Crippen LogP contribution in [-0.4, -0.2) is 70.6 Å². The van der Waals surface area contributed by atoms with Crippen molar-refractivity contribution in [2.45, 2.75) is 26.0 Å². The zero-order valence-corrected chi connectivity index (χ0v) is 21.8. The molecule has 2 amide bonds. The Balaban J connectivity index is 1.64. The molecular formula is C30H32FN3O4. The summed E-state index contributed by atoms with van der Waals surface area (Å²) in [6, 6.07) is 16.6. The lowest BCUT2D eigenvalue weighted by Crippen LogP contribution is -2.50. The summed E-state index contributed by atoms with van der Waals surface area (Å²) in [5.41, 5.74) is 2.27. The summed E-state index contributed by atoms with van der Waals surface area (Å²) in [6.45, 7) is 4.03. The van der Waals surface area contributed by atoms with E-state index in [1.54, 1.807) is 37.2 Å². The first-order valence-electron chi connectivity index (χ1n) is 12.6. The molecule has 0 saturated heterocycles. The number of carbonyl (C=O) groups is 2.